The molecule has 0 amide bonds. The fraction of sp³-hybridized carbons (Fsp3) is 0.294. The number of nitrogens with zero attached hydrogens (tertiary/aromatic N) is 1. The molecule has 2 unspecified atom stereocenters. The minimum Gasteiger partial charge on any atom is -0.504 e. The molecule has 7 heteroatoms. The van der Waals surface area contributed by atoms with Gasteiger partial charge < -0.3 is 29.7 Å². The average Bonchev–Trinajstić information content (AvgIpc) is 2.95. The highest BCUT2D eigenvalue weighted by Gasteiger charge is 2.40. The summed E-state index contributed by atoms with van der Waals surface area (Å²) in [4.78, 5) is 2.37. The second-order valence-electron chi connectivity index (χ2n) is 12.0. The van der Waals surface area contributed by atoms with Crippen LogP contribution in [0.4, 0.5) is 0 Å². The van der Waals surface area contributed by atoms with E-state index < -0.39 is 5.54 Å². The van der Waals surface area contributed by atoms with E-state index in [9.17, 15) is 10.2 Å². The summed E-state index contributed by atoms with van der Waals surface area (Å²) in [6, 6.07) is 19.8. The molecule has 5 heterocycles. The van der Waals surface area contributed by atoms with E-state index in [1.165, 1.54) is 11.1 Å². The summed E-state index contributed by atoms with van der Waals surface area (Å²) < 4.78 is 19.4. The van der Waals surface area contributed by atoms with E-state index in [1.807, 2.05) is 30.3 Å². The summed E-state index contributed by atoms with van der Waals surface area (Å²) in [7, 11) is 2.15. The topological polar surface area (TPSA) is 83.4 Å². The Balaban J connectivity index is 1.34. The molecule has 5 aliphatic rings. The Kier molecular flexibility index (Phi) is 5.34. The van der Waals surface area contributed by atoms with Crippen LogP contribution in [0.3, 0.4) is 0 Å². The average molecular weight is 549 g/mol. The summed E-state index contributed by atoms with van der Waals surface area (Å²) >= 11 is 0. The number of ether oxygens (including phenoxy) is 3. The molecule has 0 fully saturated rings. The Morgan fingerprint density at radius 1 is 0.805 bits per heavy atom. The third kappa shape index (κ3) is 3.95. The summed E-state index contributed by atoms with van der Waals surface area (Å²) in [6.45, 7) is 3.88. The van der Waals surface area contributed by atoms with Crippen molar-refractivity contribution in [2.24, 2.45) is 0 Å². The second kappa shape index (κ2) is 8.90. The summed E-state index contributed by atoms with van der Waals surface area (Å²) in [5, 5.41) is 25.4. The van der Waals surface area contributed by atoms with Gasteiger partial charge in [-0.2, -0.15) is 0 Å². The molecule has 0 aromatic heterocycles. The maximum atomic E-state index is 11.1. The van der Waals surface area contributed by atoms with Gasteiger partial charge in [0.25, 0.3) is 0 Å². The molecule has 7 bridgehead atoms. The molecule has 2 atom stereocenters. The zero-order valence-corrected chi connectivity index (χ0v) is 23.2. The minimum atomic E-state index is -0.455. The molecule has 0 saturated heterocycles. The van der Waals surface area contributed by atoms with Gasteiger partial charge in [-0.1, -0.05) is 18.2 Å². The quantitative estimate of drug-likeness (QED) is 0.204. The molecule has 3 N–H and O–H groups in total. The standard InChI is InChI=1S/C34H32N2O5/c1-34-18-19-3-6-23(7-4-19)39-28-14-20(5-8-26(28)37)13-25-24-17-30-29(16-21(24)10-12-36(25)2)40-32-27(38)15-22(9-11-35-34)31(34)33(32)41-30/h3-8,14-17,25,35,37-38H,9-13,18H2,1-2H3. The zero-order chi connectivity index (χ0) is 27.9. The van der Waals surface area contributed by atoms with Crippen molar-refractivity contribution >= 4 is 0 Å². The molecule has 0 aliphatic carbocycles. The lowest BCUT2D eigenvalue weighted by Crippen LogP contribution is -2.47. The van der Waals surface area contributed by atoms with Crippen molar-refractivity contribution in [3.8, 4) is 46.0 Å². The smallest absolute Gasteiger partial charge is 0.212 e. The van der Waals surface area contributed by atoms with Gasteiger partial charge in [0, 0.05) is 30.2 Å². The largest absolute Gasteiger partial charge is 0.504 e. The van der Waals surface area contributed by atoms with Crippen LogP contribution in [0.15, 0.2) is 60.7 Å². The molecule has 208 valence electrons. The van der Waals surface area contributed by atoms with Crippen LogP contribution in [0.25, 0.3) is 0 Å². The predicted molar refractivity (Wildman–Crippen MR) is 155 cm³/mol. The second-order valence-corrected chi connectivity index (χ2v) is 12.0. The Labute approximate surface area is 238 Å². The van der Waals surface area contributed by atoms with Gasteiger partial charge in [-0.25, -0.2) is 0 Å². The minimum absolute atomic E-state index is 0.106. The normalized spacial score (nSPS) is 22.2. The molecular weight excluding hydrogens is 516 g/mol. The van der Waals surface area contributed by atoms with Crippen LogP contribution < -0.4 is 19.5 Å². The number of fused-ring (bicyclic) bond motifs is 2. The van der Waals surface area contributed by atoms with E-state index >= 15 is 0 Å². The van der Waals surface area contributed by atoms with Gasteiger partial charge in [-0.15, -0.1) is 0 Å². The Morgan fingerprint density at radius 2 is 1.59 bits per heavy atom. The first kappa shape index (κ1) is 24.6. The number of phenolic OH excluding ortho intramolecular Hbond substituents is 2. The Bertz CT molecular complexity index is 1720. The molecule has 0 spiro atoms. The fourth-order valence-corrected chi connectivity index (χ4v) is 7.07. The summed E-state index contributed by atoms with van der Waals surface area (Å²) in [5.41, 5.74) is 6.24. The number of hydrogen-bond acceptors (Lipinski definition) is 7. The van der Waals surface area contributed by atoms with Crippen molar-refractivity contribution in [2.45, 2.75) is 44.2 Å². The highest BCUT2D eigenvalue weighted by Crippen LogP contribution is 2.56. The summed E-state index contributed by atoms with van der Waals surface area (Å²) in [6.07, 6.45) is 3.12. The van der Waals surface area contributed by atoms with E-state index in [1.54, 1.807) is 6.07 Å². The molecular formula is C34H32N2O5. The van der Waals surface area contributed by atoms with Crippen LogP contribution in [0, 0.1) is 0 Å². The van der Waals surface area contributed by atoms with Crippen LogP contribution >= 0.6 is 0 Å². The molecule has 7 nitrogen and oxygen atoms in total. The number of phenols is 2. The molecule has 4 aromatic carbocycles. The zero-order valence-electron chi connectivity index (χ0n) is 23.2. The van der Waals surface area contributed by atoms with Gasteiger partial charge in [0.15, 0.2) is 34.5 Å². The monoisotopic (exact) mass is 548 g/mol. The van der Waals surface area contributed by atoms with Crippen LogP contribution in [0.5, 0.6) is 46.0 Å². The third-order valence-electron chi connectivity index (χ3n) is 9.18. The molecule has 4 aromatic rings. The molecule has 41 heavy (non-hydrogen) atoms. The van der Waals surface area contributed by atoms with Crippen LogP contribution in [-0.4, -0.2) is 35.3 Å². The molecule has 9 rings (SSSR count). The van der Waals surface area contributed by atoms with Gasteiger partial charge in [0.05, 0.1) is 0 Å². The molecule has 5 aliphatic heterocycles. The van der Waals surface area contributed by atoms with E-state index in [0.717, 1.165) is 54.6 Å². The molecule has 0 radical (unpaired) electrons. The predicted octanol–water partition coefficient (Wildman–Crippen LogP) is 6.48. The number of hydrogen-bond donors (Lipinski definition) is 3. The van der Waals surface area contributed by atoms with Crippen LogP contribution in [0.2, 0.25) is 0 Å². The van der Waals surface area contributed by atoms with E-state index in [2.05, 4.69) is 48.5 Å². The van der Waals surface area contributed by atoms with E-state index in [0.29, 0.717) is 40.9 Å². The fourth-order valence-electron chi connectivity index (χ4n) is 7.07. The number of benzene rings is 4. The maximum Gasteiger partial charge on any atom is 0.212 e. The van der Waals surface area contributed by atoms with Crippen molar-refractivity contribution in [2.75, 3.05) is 20.1 Å². The van der Waals surface area contributed by atoms with E-state index in [4.69, 9.17) is 14.2 Å². The SMILES string of the molecule is CN1CCc2cc3c4cc2C1Cc1ccc(O)c(c1)Oc1ccc(cc1)CC1(C)NCCc2cc(O)c(c(c21)O4)O3. The number of likely N-dealkylation sites (N-methyl/N-ethyl adjacent to an activating group) is 1. The van der Waals surface area contributed by atoms with Crippen molar-refractivity contribution < 1.29 is 24.4 Å². The van der Waals surface area contributed by atoms with Crippen molar-refractivity contribution in [1.29, 1.82) is 0 Å². The van der Waals surface area contributed by atoms with Crippen molar-refractivity contribution in [3.63, 3.8) is 0 Å². The Morgan fingerprint density at radius 3 is 2.44 bits per heavy atom. The van der Waals surface area contributed by atoms with Gasteiger partial charge >= 0.3 is 0 Å². The van der Waals surface area contributed by atoms with Gasteiger partial charge in [-0.05, 0) is 110 Å². The lowest BCUT2D eigenvalue weighted by molar-refractivity contribution is 0.227. The van der Waals surface area contributed by atoms with E-state index in [-0.39, 0.29) is 17.5 Å². The highest BCUT2D eigenvalue weighted by atomic mass is 16.6. The molecule has 0 saturated carbocycles. The van der Waals surface area contributed by atoms with Crippen molar-refractivity contribution in [1.82, 2.24) is 10.2 Å². The summed E-state index contributed by atoms with van der Waals surface area (Å²) in [5.74, 6) is 3.60. The van der Waals surface area contributed by atoms with Crippen LogP contribution in [-0.2, 0) is 31.2 Å². The first-order chi connectivity index (χ1) is 19.8. The number of rotatable bonds is 0. The lowest BCUT2D eigenvalue weighted by Gasteiger charge is -2.40. The first-order valence-corrected chi connectivity index (χ1v) is 14.3. The maximum absolute atomic E-state index is 11.1. The van der Waals surface area contributed by atoms with Gasteiger partial charge in [0.1, 0.15) is 5.75 Å². The number of nitrogens with one attached hydrogen (secondary N) is 1. The third-order valence-corrected chi connectivity index (χ3v) is 9.18. The van der Waals surface area contributed by atoms with Crippen LogP contribution in [0.1, 0.15) is 46.3 Å². The van der Waals surface area contributed by atoms with Gasteiger partial charge in [-0.3, -0.25) is 4.90 Å². The van der Waals surface area contributed by atoms with Crippen molar-refractivity contribution in [3.05, 3.63) is 94.0 Å². The lowest BCUT2D eigenvalue weighted by atomic mass is 9.78. The first-order valence-electron chi connectivity index (χ1n) is 14.3. The highest BCUT2D eigenvalue weighted by molar-refractivity contribution is 5.68. The number of aromatic hydroxyl groups is 2. The van der Waals surface area contributed by atoms with Gasteiger partial charge in [0.2, 0.25) is 5.75 Å². The Hall–Kier alpha value is -4.20.